The van der Waals surface area contributed by atoms with Crippen molar-refractivity contribution in [2.45, 2.75) is 19.4 Å². The molecule has 1 aliphatic heterocycles. The Labute approximate surface area is 132 Å². The van der Waals surface area contributed by atoms with Gasteiger partial charge in [0.2, 0.25) is 15.9 Å². The molecule has 1 fully saturated rings. The summed E-state index contributed by atoms with van der Waals surface area (Å²) in [6.45, 7) is 0.770. The van der Waals surface area contributed by atoms with E-state index in [1.165, 1.54) is 9.69 Å². The van der Waals surface area contributed by atoms with Crippen LogP contribution >= 0.6 is 11.3 Å². The fraction of sp³-hybridized carbons (Fsp3) is 0.583. The number of carboxylic acid groups (broad SMARTS) is 1. The summed E-state index contributed by atoms with van der Waals surface area (Å²) in [4.78, 5) is 26.7. The molecule has 0 aliphatic carbocycles. The first-order chi connectivity index (χ1) is 10.3. The van der Waals surface area contributed by atoms with Crippen molar-refractivity contribution in [3.05, 3.63) is 16.1 Å². The molecule has 8 nitrogen and oxygen atoms in total. The largest absolute Gasteiger partial charge is 0.476 e. The second-order valence-electron chi connectivity index (χ2n) is 5.11. The van der Waals surface area contributed by atoms with Crippen LogP contribution in [0.2, 0.25) is 0 Å². The van der Waals surface area contributed by atoms with E-state index in [0.717, 1.165) is 17.6 Å². The van der Waals surface area contributed by atoms with Gasteiger partial charge < -0.3 is 10.4 Å². The van der Waals surface area contributed by atoms with E-state index in [0.29, 0.717) is 24.4 Å². The minimum absolute atomic E-state index is 0.0461. The van der Waals surface area contributed by atoms with Crippen LogP contribution in [0.4, 0.5) is 0 Å². The maximum Gasteiger partial charge on any atom is 0.355 e. The molecule has 122 valence electrons. The molecule has 1 aliphatic rings. The monoisotopic (exact) mass is 347 g/mol. The van der Waals surface area contributed by atoms with Crippen LogP contribution in [-0.2, 0) is 21.4 Å². The highest BCUT2D eigenvalue weighted by molar-refractivity contribution is 7.88. The quantitative estimate of drug-likeness (QED) is 0.782. The molecule has 0 bridgehead atoms. The number of hydrogen-bond acceptors (Lipinski definition) is 6. The van der Waals surface area contributed by atoms with E-state index in [9.17, 15) is 18.0 Å². The van der Waals surface area contributed by atoms with Gasteiger partial charge in [-0.25, -0.2) is 22.5 Å². The molecule has 2 rings (SSSR count). The van der Waals surface area contributed by atoms with Crippen molar-refractivity contribution in [1.29, 1.82) is 0 Å². The number of rotatable bonds is 5. The summed E-state index contributed by atoms with van der Waals surface area (Å²) in [6, 6.07) is 0. The Balaban J connectivity index is 1.90. The van der Waals surface area contributed by atoms with E-state index >= 15 is 0 Å². The zero-order chi connectivity index (χ0) is 16.3. The van der Waals surface area contributed by atoms with Crippen LogP contribution in [0.5, 0.6) is 0 Å². The summed E-state index contributed by atoms with van der Waals surface area (Å²) in [5.74, 6) is -1.73. The van der Waals surface area contributed by atoms with Gasteiger partial charge in [-0.2, -0.15) is 0 Å². The molecule has 1 atom stereocenters. The molecule has 0 spiro atoms. The molecule has 2 heterocycles. The number of piperidine rings is 1. The summed E-state index contributed by atoms with van der Waals surface area (Å²) in [6.07, 6.45) is 2.41. The van der Waals surface area contributed by atoms with Gasteiger partial charge in [-0.3, -0.25) is 4.79 Å². The molecule has 0 radical (unpaired) electrons. The second kappa shape index (κ2) is 6.71. The molecule has 0 saturated carbocycles. The van der Waals surface area contributed by atoms with Crippen molar-refractivity contribution in [2.75, 3.05) is 19.3 Å². The number of aromatic nitrogens is 1. The second-order valence-corrected chi connectivity index (χ2v) is 8.03. The molecule has 10 heteroatoms. The van der Waals surface area contributed by atoms with Gasteiger partial charge in [0.1, 0.15) is 5.01 Å². The summed E-state index contributed by atoms with van der Waals surface area (Å²) < 4.78 is 24.4. The zero-order valence-electron chi connectivity index (χ0n) is 12.0. The summed E-state index contributed by atoms with van der Waals surface area (Å²) >= 11 is 1.16. The maximum atomic E-state index is 12.1. The lowest BCUT2D eigenvalue weighted by Gasteiger charge is -2.30. The number of thiazole rings is 1. The van der Waals surface area contributed by atoms with Gasteiger partial charge in [0.05, 0.1) is 18.7 Å². The standard InChI is InChI=1S/C12H17N3O5S2/c1-22(19,20)15-4-2-3-8(6-15)11(16)13-5-10-14-9(7-21-10)12(17)18/h7-8H,2-6H2,1H3,(H,13,16)(H,17,18). The molecular formula is C12H17N3O5S2. The smallest absolute Gasteiger partial charge is 0.355 e. The molecule has 0 aromatic carbocycles. The predicted molar refractivity (Wildman–Crippen MR) is 80.1 cm³/mol. The van der Waals surface area contributed by atoms with Crippen molar-refractivity contribution in [3.63, 3.8) is 0 Å². The van der Waals surface area contributed by atoms with Crippen molar-refractivity contribution in [2.24, 2.45) is 5.92 Å². The van der Waals surface area contributed by atoms with E-state index in [1.807, 2.05) is 0 Å². The van der Waals surface area contributed by atoms with Crippen molar-refractivity contribution < 1.29 is 23.1 Å². The van der Waals surface area contributed by atoms with E-state index in [2.05, 4.69) is 10.3 Å². The molecule has 1 saturated heterocycles. The molecule has 1 aromatic heterocycles. The Morgan fingerprint density at radius 1 is 1.55 bits per heavy atom. The number of nitrogens with one attached hydrogen (secondary N) is 1. The number of hydrogen-bond donors (Lipinski definition) is 2. The minimum atomic E-state index is -3.29. The van der Waals surface area contributed by atoms with Gasteiger partial charge in [0.15, 0.2) is 5.69 Å². The third-order valence-corrected chi connectivity index (χ3v) is 5.53. The average molecular weight is 347 g/mol. The summed E-state index contributed by atoms with van der Waals surface area (Å²) in [5, 5.41) is 13.4. The topological polar surface area (TPSA) is 117 Å². The van der Waals surface area contributed by atoms with E-state index < -0.39 is 16.0 Å². The van der Waals surface area contributed by atoms with Gasteiger partial charge in [0.25, 0.3) is 0 Å². The van der Waals surface area contributed by atoms with Crippen LogP contribution in [0.25, 0.3) is 0 Å². The third-order valence-electron chi connectivity index (χ3n) is 3.41. The van der Waals surface area contributed by atoms with Gasteiger partial charge in [-0.05, 0) is 12.8 Å². The van der Waals surface area contributed by atoms with Crippen LogP contribution in [0.3, 0.4) is 0 Å². The Morgan fingerprint density at radius 2 is 2.27 bits per heavy atom. The zero-order valence-corrected chi connectivity index (χ0v) is 13.6. The number of carbonyl (C=O) groups excluding carboxylic acids is 1. The average Bonchev–Trinajstić information content (AvgIpc) is 2.93. The molecule has 2 N–H and O–H groups in total. The van der Waals surface area contributed by atoms with E-state index in [4.69, 9.17) is 5.11 Å². The lowest BCUT2D eigenvalue weighted by Crippen LogP contribution is -2.44. The number of carboxylic acids is 1. The van der Waals surface area contributed by atoms with Crippen LogP contribution in [-0.4, -0.2) is 54.0 Å². The molecule has 1 aromatic rings. The Kier molecular flexibility index (Phi) is 5.14. The number of carbonyl (C=O) groups is 2. The fourth-order valence-corrected chi connectivity index (χ4v) is 3.87. The Bertz CT molecular complexity index is 670. The van der Waals surface area contributed by atoms with E-state index in [-0.39, 0.29) is 30.6 Å². The van der Waals surface area contributed by atoms with Crippen LogP contribution < -0.4 is 5.32 Å². The first kappa shape index (κ1) is 16.8. The number of sulfonamides is 1. The first-order valence-electron chi connectivity index (χ1n) is 6.68. The molecule has 1 unspecified atom stereocenters. The first-order valence-corrected chi connectivity index (χ1v) is 9.40. The minimum Gasteiger partial charge on any atom is -0.476 e. The molecule has 1 amide bonds. The van der Waals surface area contributed by atoms with Gasteiger partial charge in [0, 0.05) is 18.5 Å². The van der Waals surface area contributed by atoms with E-state index in [1.54, 1.807) is 0 Å². The lowest BCUT2D eigenvalue weighted by molar-refractivity contribution is -0.126. The van der Waals surface area contributed by atoms with Gasteiger partial charge in [-0.15, -0.1) is 11.3 Å². The number of aromatic carboxylic acids is 1. The van der Waals surface area contributed by atoms with Crippen LogP contribution in [0.1, 0.15) is 28.3 Å². The fourth-order valence-electron chi connectivity index (χ4n) is 2.26. The van der Waals surface area contributed by atoms with Crippen LogP contribution in [0, 0.1) is 5.92 Å². The third kappa shape index (κ3) is 4.24. The SMILES string of the molecule is CS(=O)(=O)N1CCCC(C(=O)NCc2nc(C(=O)O)cs2)C1. The molecule has 22 heavy (non-hydrogen) atoms. The predicted octanol–water partition coefficient (Wildman–Crippen LogP) is 0.129. The van der Waals surface area contributed by atoms with Gasteiger partial charge >= 0.3 is 5.97 Å². The lowest BCUT2D eigenvalue weighted by atomic mass is 9.99. The highest BCUT2D eigenvalue weighted by atomic mass is 32.2. The highest BCUT2D eigenvalue weighted by Gasteiger charge is 2.30. The van der Waals surface area contributed by atoms with Gasteiger partial charge in [-0.1, -0.05) is 0 Å². The molecular weight excluding hydrogens is 330 g/mol. The maximum absolute atomic E-state index is 12.1. The van der Waals surface area contributed by atoms with Crippen molar-refractivity contribution in [3.8, 4) is 0 Å². The Morgan fingerprint density at radius 3 is 2.86 bits per heavy atom. The summed E-state index contributed by atoms with van der Waals surface area (Å²) in [5.41, 5.74) is -0.0461. The normalized spacial score (nSPS) is 19.8. The Hall–Kier alpha value is -1.52. The van der Waals surface area contributed by atoms with Crippen molar-refractivity contribution >= 4 is 33.2 Å². The van der Waals surface area contributed by atoms with Crippen LogP contribution in [0.15, 0.2) is 5.38 Å². The number of amides is 1. The highest BCUT2D eigenvalue weighted by Crippen LogP contribution is 2.19. The number of nitrogens with zero attached hydrogens (tertiary/aromatic N) is 2. The summed E-state index contributed by atoms with van der Waals surface area (Å²) in [7, 11) is -3.29. The van der Waals surface area contributed by atoms with Crippen molar-refractivity contribution in [1.82, 2.24) is 14.6 Å².